The van der Waals surface area contributed by atoms with Gasteiger partial charge in [0, 0.05) is 19.2 Å². The zero-order valence-corrected chi connectivity index (χ0v) is 24.7. The fourth-order valence-corrected chi connectivity index (χ4v) is 7.89. The minimum absolute atomic E-state index is 0.0177. The monoisotopic (exact) mass is 567 g/mol. The van der Waals surface area contributed by atoms with Gasteiger partial charge in [-0.1, -0.05) is 32.5 Å². The Bertz CT molecular complexity index is 1120. The maximum absolute atomic E-state index is 13.3. The first-order valence-electron chi connectivity index (χ1n) is 11.8. The zero-order chi connectivity index (χ0) is 27.7. The number of benzene rings is 1. The summed E-state index contributed by atoms with van der Waals surface area (Å²) in [5.41, 5.74) is 0.643. The van der Waals surface area contributed by atoms with Gasteiger partial charge in [0.15, 0.2) is 14.0 Å². The third kappa shape index (κ3) is 6.21. The van der Waals surface area contributed by atoms with Gasteiger partial charge in [0.2, 0.25) is 11.8 Å². The Hall–Kier alpha value is -2.35. The Morgan fingerprint density at radius 3 is 2.43 bits per heavy atom. The normalized spacial score (nSPS) is 20.3. The first-order chi connectivity index (χ1) is 17.2. The van der Waals surface area contributed by atoms with E-state index < -0.39 is 25.1 Å². The van der Waals surface area contributed by atoms with E-state index in [1.165, 1.54) is 59.7 Å². The molecule has 1 aromatic rings. The highest BCUT2D eigenvalue weighted by Crippen LogP contribution is 2.55. The van der Waals surface area contributed by atoms with E-state index in [1.54, 1.807) is 0 Å². The van der Waals surface area contributed by atoms with Crippen LogP contribution in [0.25, 0.3) is 0 Å². The molecule has 202 valence electrons. The highest BCUT2D eigenvalue weighted by atomic mass is 32.2. The summed E-state index contributed by atoms with van der Waals surface area (Å²) in [6.07, 6.45) is -0.331. The van der Waals surface area contributed by atoms with E-state index in [0.717, 1.165) is 0 Å². The number of hydrogen-bond acceptors (Lipinski definition) is 9. The SMILES string of the molecule is CNC(=O)CSC1=C(C(=O)OCc2ccc([N+](=O)[O-])cc2)N2C(=O)C(C(C)O[Si](C)(C)C(C)(C)C)[C@H]2S1. The van der Waals surface area contributed by atoms with Crippen LogP contribution < -0.4 is 5.32 Å². The fourth-order valence-electron chi connectivity index (χ4n) is 3.68. The predicted molar refractivity (Wildman–Crippen MR) is 146 cm³/mol. The molecule has 1 saturated heterocycles. The Morgan fingerprint density at radius 1 is 1.27 bits per heavy atom. The van der Waals surface area contributed by atoms with Gasteiger partial charge in [-0.2, -0.15) is 0 Å². The van der Waals surface area contributed by atoms with Crippen LogP contribution in [0.1, 0.15) is 33.3 Å². The number of non-ortho nitro benzene ring substituents is 1. The number of thioether (sulfide) groups is 2. The van der Waals surface area contributed by atoms with E-state index in [9.17, 15) is 24.5 Å². The average molecular weight is 568 g/mol. The Morgan fingerprint density at radius 2 is 1.89 bits per heavy atom. The topological polar surface area (TPSA) is 128 Å². The zero-order valence-electron chi connectivity index (χ0n) is 22.0. The van der Waals surface area contributed by atoms with Crippen LogP contribution in [0.4, 0.5) is 5.69 Å². The van der Waals surface area contributed by atoms with Crippen molar-refractivity contribution in [3.63, 3.8) is 0 Å². The minimum Gasteiger partial charge on any atom is -0.456 e. The van der Waals surface area contributed by atoms with Crippen LogP contribution in [0.3, 0.4) is 0 Å². The summed E-state index contributed by atoms with van der Waals surface area (Å²) in [5, 5.41) is 13.1. The van der Waals surface area contributed by atoms with Crippen LogP contribution in [0.2, 0.25) is 18.1 Å². The largest absolute Gasteiger partial charge is 0.456 e. The van der Waals surface area contributed by atoms with Crippen LogP contribution >= 0.6 is 23.5 Å². The average Bonchev–Trinajstić information content (AvgIpc) is 3.14. The molecule has 0 bridgehead atoms. The number of β-lactam (4-membered cyclic amide) rings is 1. The molecule has 0 radical (unpaired) electrons. The third-order valence-corrected chi connectivity index (χ3v) is 14.1. The first-order valence-corrected chi connectivity index (χ1v) is 16.6. The number of carbonyl (C=O) groups excluding carboxylic acids is 3. The molecule has 1 fully saturated rings. The number of ether oxygens (including phenoxy) is 1. The van der Waals surface area contributed by atoms with Crippen LogP contribution in [-0.2, 0) is 30.2 Å². The summed E-state index contributed by atoms with van der Waals surface area (Å²) in [6.45, 7) is 12.5. The molecular weight excluding hydrogens is 534 g/mol. The second-order valence-corrected chi connectivity index (χ2v) is 17.6. The molecule has 0 aliphatic carbocycles. The van der Waals surface area contributed by atoms with E-state index in [1.807, 2.05) is 6.92 Å². The van der Waals surface area contributed by atoms with Crippen molar-refractivity contribution in [2.75, 3.05) is 12.8 Å². The molecule has 2 unspecified atom stereocenters. The van der Waals surface area contributed by atoms with Gasteiger partial charge in [0.05, 0.1) is 26.9 Å². The number of nitrogens with zero attached hydrogens (tertiary/aromatic N) is 2. The van der Waals surface area contributed by atoms with Crippen molar-refractivity contribution < 1.29 is 28.5 Å². The Labute approximate surface area is 226 Å². The number of fused-ring (bicyclic) bond motifs is 1. The third-order valence-electron chi connectivity index (χ3n) is 6.86. The molecule has 1 N–H and O–H groups in total. The number of rotatable bonds is 10. The number of esters is 1. The summed E-state index contributed by atoms with van der Waals surface area (Å²) < 4.78 is 12.5. The van der Waals surface area contributed by atoms with E-state index in [0.29, 0.717) is 9.80 Å². The number of nitro groups is 1. The number of amides is 2. The van der Waals surface area contributed by atoms with Gasteiger partial charge < -0.3 is 14.5 Å². The van der Waals surface area contributed by atoms with Gasteiger partial charge in [0.1, 0.15) is 12.0 Å². The lowest BCUT2D eigenvalue weighted by Crippen LogP contribution is -2.62. The second-order valence-electron chi connectivity index (χ2n) is 10.4. The van der Waals surface area contributed by atoms with Gasteiger partial charge in [-0.25, -0.2) is 4.79 Å². The van der Waals surface area contributed by atoms with E-state index >= 15 is 0 Å². The number of nitro benzene ring substituents is 1. The molecule has 3 rings (SSSR count). The molecule has 0 spiro atoms. The molecule has 0 saturated carbocycles. The standard InChI is InChI=1S/C24H33N3O7S2Si/c1-14(34-37(6,7)24(2,3)4)18-20(29)26-19(23(36-21(18)26)35-13-17(28)25-5)22(30)33-12-15-8-10-16(11-9-15)27(31)32/h8-11,14,18,21H,12-13H2,1-7H3,(H,25,28)/t14?,18?,21-/m1/s1. The molecule has 3 atom stereocenters. The molecule has 1 aromatic carbocycles. The van der Waals surface area contributed by atoms with Crippen molar-refractivity contribution in [2.24, 2.45) is 5.92 Å². The lowest BCUT2D eigenvalue weighted by atomic mass is 9.92. The van der Waals surface area contributed by atoms with Crippen LogP contribution in [0, 0.1) is 16.0 Å². The molecule has 10 nitrogen and oxygen atoms in total. The van der Waals surface area contributed by atoms with Crippen molar-refractivity contribution in [3.8, 4) is 0 Å². The molecular formula is C24H33N3O7S2Si. The fraction of sp³-hybridized carbons (Fsp3) is 0.542. The van der Waals surface area contributed by atoms with Gasteiger partial charge in [0.25, 0.3) is 5.69 Å². The summed E-state index contributed by atoms with van der Waals surface area (Å²) in [5.74, 6) is -1.43. The van der Waals surface area contributed by atoms with Gasteiger partial charge in [-0.15, -0.1) is 11.8 Å². The predicted octanol–water partition coefficient (Wildman–Crippen LogP) is 4.23. The van der Waals surface area contributed by atoms with E-state index in [-0.39, 0.29) is 52.1 Å². The summed E-state index contributed by atoms with van der Waals surface area (Å²) >= 11 is 2.57. The number of nitrogens with one attached hydrogen (secondary N) is 1. The van der Waals surface area contributed by atoms with Gasteiger partial charge in [-0.05, 0) is 42.8 Å². The van der Waals surface area contributed by atoms with Crippen molar-refractivity contribution in [2.45, 2.75) is 63.9 Å². The number of hydrogen-bond donors (Lipinski definition) is 1. The Balaban J connectivity index is 1.76. The summed E-state index contributed by atoms with van der Waals surface area (Å²) in [7, 11) is -0.592. The maximum atomic E-state index is 13.3. The molecule has 2 aliphatic heterocycles. The highest BCUT2D eigenvalue weighted by Gasteiger charge is 2.59. The minimum atomic E-state index is -2.12. The first kappa shape index (κ1) is 29.2. The summed E-state index contributed by atoms with van der Waals surface area (Å²) in [4.78, 5) is 50.1. The lowest BCUT2D eigenvalue weighted by molar-refractivity contribution is -0.384. The van der Waals surface area contributed by atoms with E-state index in [2.05, 4.69) is 39.2 Å². The van der Waals surface area contributed by atoms with Crippen LogP contribution in [0.15, 0.2) is 34.2 Å². The Kier molecular flexibility index (Phi) is 8.82. The second kappa shape index (κ2) is 11.2. The van der Waals surface area contributed by atoms with Crippen molar-refractivity contribution in [1.82, 2.24) is 10.2 Å². The summed E-state index contributed by atoms with van der Waals surface area (Å²) in [6, 6.07) is 5.69. The molecule has 2 amide bonds. The highest BCUT2D eigenvalue weighted by molar-refractivity contribution is 8.23. The number of carbonyl (C=O) groups is 3. The van der Waals surface area contributed by atoms with Gasteiger partial charge >= 0.3 is 5.97 Å². The quantitative estimate of drug-likeness (QED) is 0.145. The molecule has 0 aromatic heterocycles. The van der Waals surface area contributed by atoms with Gasteiger partial charge in [-0.3, -0.25) is 24.6 Å². The van der Waals surface area contributed by atoms with Crippen molar-refractivity contribution >= 4 is 55.3 Å². The van der Waals surface area contributed by atoms with Crippen LogP contribution in [0.5, 0.6) is 0 Å². The smallest absolute Gasteiger partial charge is 0.357 e. The molecule has 2 heterocycles. The van der Waals surface area contributed by atoms with Crippen LogP contribution in [-0.4, -0.2) is 60.2 Å². The molecule has 37 heavy (non-hydrogen) atoms. The molecule has 13 heteroatoms. The van der Waals surface area contributed by atoms with Crippen molar-refractivity contribution in [1.29, 1.82) is 0 Å². The van der Waals surface area contributed by atoms with Crippen molar-refractivity contribution in [3.05, 3.63) is 49.9 Å². The maximum Gasteiger partial charge on any atom is 0.357 e. The lowest BCUT2D eigenvalue weighted by Gasteiger charge is -2.48. The van der Waals surface area contributed by atoms with E-state index in [4.69, 9.17) is 9.16 Å². The molecule has 2 aliphatic rings.